The highest BCUT2D eigenvalue weighted by atomic mass is 19.4. The van der Waals surface area contributed by atoms with Crippen molar-refractivity contribution in [1.82, 2.24) is 40.4 Å². The first kappa shape index (κ1) is 28.7. The summed E-state index contributed by atoms with van der Waals surface area (Å²) in [6.07, 6.45) is -0.890. The largest absolute Gasteiger partial charge is 0.410 e. The van der Waals surface area contributed by atoms with Crippen molar-refractivity contribution in [2.24, 2.45) is 5.92 Å². The van der Waals surface area contributed by atoms with Crippen LogP contribution in [0.2, 0.25) is 0 Å². The minimum Gasteiger partial charge on any atom is -0.342 e. The van der Waals surface area contributed by atoms with E-state index in [-0.39, 0.29) is 54.9 Å². The Morgan fingerprint density at radius 1 is 1.23 bits per heavy atom. The number of urea groups is 1. The lowest BCUT2D eigenvalue weighted by Crippen LogP contribution is -2.40. The van der Waals surface area contributed by atoms with Gasteiger partial charge in [0.1, 0.15) is 11.7 Å². The number of nitrogens with zero attached hydrogens (tertiary/aromatic N) is 7. The molecule has 0 aromatic carbocycles. The lowest BCUT2D eigenvalue weighted by atomic mass is 9.81. The number of amides is 3. The Labute approximate surface area is 240 Å². The summed E-state index contributed by atoms with van der Waals surface area (Å²) in [5, 5.41) is 26.1. The predicted octanol–water partition coefficient (Wildman–Crippen LogP) is 4.20. The molecule has 1 aliphatic heterocycles. The molecule has 0 radical (unpaired) electrons. The van der Waals surface area contributed by atoms with E-state index in [2.05, 4.69) is 25.7 Å². The molecule has 3 aliphatic rings. The SMILES string of the molecule is N#CCC(c1cnn2cc(C(NC(=O)c3nonc3C3CC3)C3CCC(F)(F)CC3)nc2c1)N1C[C@@H](C(F)(F)F)NC1=O. The van der Waals surface area contributed by atoms with Gasteiger partial charge in [0.05, 0.1) is 49.2 Å². The average Bonchev–Trinajstić information content (AvgIpc) is 3.33. The van der Waals surface area contributed by atoms with Crippen molar-refractivity contribution in [3.63, 3.8) is 0 Å². The van der Waals surface area contributed by atoms with Crippen molar-refractivity contribution < 1.29 is 36.2 Å². The highest BCUT2D eigenvalue weighted by Crippen LogP contribution is 2.43. The third-order valence-electron chi connectivity index (χ3n) is 8.27. The van der Waals surface area contributed by atoms with Crippen LogP contribution in [-0.2, 0) is 0 Å². The molecule has 43 heavy (non-hydrogen) atoms. The first-order valence-electron chi connectivity index (χ1n) is 13.8. The number of carbonyl (C=O) groups is 2. The van der Waals surface area contributed by atoms with E-state index in [1.165, 1.54) is 23.0 Å². The Hall–Kier alpha value is -4.36. The van der Waals surface area contributed by atoms with Gasteiger partial charge in [-0.2, -0.15) is 23.5 Å². The van der Waals surface area contributed by atoms with E-state index < -0.39 is 54.6 Å². The van der Waals surface area contributed by atoms with Crippen molar-refractivity contribution in [3.8, 4) is 6.07 Å². The summed E-state index contributed by atoms with van der Waals surface area (Å²) in [4.78, 5) is 31.2. The molecule has 2 unspecified atom stereocenters. The van der Waals surface area contributed by atoms with Gasteiger partial charge in [0.15, 0.2) is 11.3 Å². The zero-order chi connectivity index (χ0) is 30.5. The summed E-state index contributed by atoms with van der Waals surface area (Å²) in [6.45, 7) is -0.681. The lowest BCUT2D eigenvalue weighted by Gasteiger charge is -2.33. The van der Waals surface area contributed by atoms with Crippen molar-refractivity contribution in [2.75, 3.05) is 6.54 Å². The molecule has 4 heterocycles. The Bertz CT molecular complexity index is 1570. The summed E-state index contributed by atoms with van der Waals surface area (Å²) in [5.41, 5.74) is 1.30. The Morgan fingerprint density at radius 3 is 2.63 bits per heavy atom. The highest BCUT2D eigenvalue weighted by molar-refractivity contribution is 5.93. The van der Waals surface area contributed by atoms with Crippen LogP contribution in [0.1, 0.15) is 90.4 Å². The summed E-state index contributed by atoms with van der Waals surface area (Å²) in [5.74, 6) is -3.71. The molecule has 3 aromatic rings. The van der Waals surface area contributed by atoms with Gasteiger partial charge in [0, 0.05) is 18.8 Å². The number of halogens is 5. The van der Waals surface area contributed by atoms with E-state index in [1.54, 1.807) is 0 Å². The van der Waals surface area contributed by atoms with Gasteiger partial charge < -0.3 is 15.5 Å². The van der Waals surface area contributed by atoms with E-state index >= 15 is 0 Å². The van der Waals surface area contributed by atoms with E-state index in [0.29, 0.717) is 11.4 Å². The summed E-state index contributed by atoms with van der Waals surface area (Å²) >= 11 is 0. The molecule has 2 N–H and O–H groups in total. The topological polar surface area (TPSA) is 154 Å². The number of hydrogen-bond donors (Lipinski definition) is 2. The fraction of sp³-hybridized carbons (Fsp3) is 0.577. The van der Waals surface area contributed by atoms with Crippen LogP contribution >= 0.6 is 0 Å². The Kier molecular flexibility index (Phi) is 7.17. The molecule has 6 rings (SSSR count). The fourth-order valence-electron chi connectivity index (χ4n) is 5.76. The number of rotatable bonds is 8. The molecule has 3 amide bonds. The number of nitriles is 1. The van der Waals surface area contributed by atoms with E-state index in [9.17, 15) is 36.8 Å². The number of fused-ring (bicyclic) bond motifs is 1. The van der Waals surface area contributed by atoms with Crippen molar-refractivity contribution in [3.05, 3.63) is 41.1 Å². The third-order valence-corrected chi connectivity index (χ3v) is 8.27. The molecule has 12 nitrogen and oxygen atoms in total. The van der Waals surface area contributed by atoms with Crippen molar-refractivity contribution in [2.45, 2.75) is 81.1 Å². The molecule has 3 aromatic heterocycles. The number of hydrogen-bond acceptors (Lipinski definition) is 8. The van der Waals surface area contributed by atoms with Crippen molar-refractivity contribution in [1.29, 1.82) is 5.26 Å². The first-order chi connectivity index (χ1) is 20.4. The zero-order valence-electron chi connectivity index (χ0n) is 22.5. The van der Waals surface area contributed by atoms with Crippen LogP contribution in [-0.4, -0.2) is 66.4 Å². The van der Waals surface area contributed by atoms with Crippen LogP contribution in [0.3, 0.4) is 0 Å². The maximum absolute atomic E-state index is 14.0. The van der Waals surface area contributed by atoms with Gasteiger partial charge in [-0.3, -0.25) is 4.79 Å². The maximum Gasteiger partial charge on any atom is 0.410 e. The smallest absolute Gasteiger partial charge is 0.342 e. The second-order valence-corrected chi connectivity index (χ2v) is 11.2. The van der Waals surface area contributed by atoms with Gasteiger partial charge in [-0.1, -0.05) is 5.16 Å². The van der Waals surface area contributed by atoms with Crippen LogP contribution in [0.25, 0.3) is 5.65 Å². The lowest BCUT2D eigenvalue weighted by molar-refractivity contribution is -0.150. The van der Waals surface area contributed by atoms with E-state index in [4.69, 9.17) is 4.63 Å². The molecule has 0 spiro atoms. The molecule has 2 saturated carbocycles. The summed E-state index contributed by atoms with van der Waals surface area (Å²) in [7, 11) is 0. The number of nitrogens with one attached hydrogen (secondary N) is 2. The fourth-order valence-corrected chi connectivity index (χ4v) is 5.76. The quantitative estimate of drug-likeness (QED) is 0.361. The molecule has 3 fully saturated rings. The molecule has 2 aliphatic carbocycles. The molecular weight excluding hydrogens is 581 g/mol. The van der Waals surface area contributed by atoms with E-state index in [0.717, 1.165) is 17.7 Å². The predicted molar refractivity (Wildman–Crippen MR) is 134 cm³/mol. The number of alkyl halides is 5. The van der Waals surface area contributed by atoms with Gasteiger partial charge in [-0.15, -0.1) is 0 Å². The minimum absolute atomic E-state index is 0.0261. The second-order valence-electron chi connectivity index (χ2n) is 11.2. The van der Waals surface area contributed by atoms with Gasteiger partial charge >= 0.3 is 12.2 Å². The van der Waals surface area contributed by atoms with E-state index in [1.807, 2.05) is 11.4 Å². The van der Waals surface area contributed by atoms with Crippen LogP contribution in [0, 0.1) is 17.2 Å². The standard InChI is InChI=1S/C26H26F5N9O3/c27-25(28)6-3-14(4-7-25)20(36-23(41)22-21(13-1-2-13)37-43-38-22)16-11-40-19(34-16)9-15(10-33-40)17(5-8-32)39-12-18(26(29,30)31)35-24(39)42/h9-11,13-14,17-18,20H,1-7,12H2,(H,35,42)(H,36,41)/t17?,18-,20?/m0/s1. The number of carbonyl (C=O) groups excluding carboxylic acids is 2. The van der Waals surface area contributed by atoms with Crippen LogP contribution in [0.4, 0.5) is 26.7 Å². The average molecular weight is 608 g/mol. The molecule has 1 saturated heterocycles. The van der Waals surface area contributed by atoms with Gasteiger partial charge in [0.2, 0.25) is 5.92 Å². The molecule has 3 atom stereocenters. The van der Waals surface area contributed by atoms with Gasteiger partial charge in [-0.05, 0) is 48.4 Å². The van der Waals surface area contributed by atoms with Gasteiger partial charge in [0.25, 0.3) is 5.91 Å². The monoisotopic (exact) mass is 607 g/mol. The first-order valence-corrected chi connectivity index (χ1v) is 13.8. The number of aromatic nitrogens is 5. The molecular formula is C26H26F5N9O3. The zero-order valence-corrected chi connectivity index (χ0v) is 22.5. The van der Waals surface area contributed by atoms with Crippen LogP contribution in [0.5, 0.6) is 0 Å². The van der Waals surface area contributed by atoms with Crippen LogP contribution < -0.4 is 10.6 Å². The Morgan fingerprint density at radius 2 is 1.98 bits per heavy atom. The highest BCUT2D eigenvalue weighted by Gasteiger charge is 2.48. The van der Waals surface area contributed by atoms with Gasteiger partial charge in [-0.25, -0.2) is 27.7 Å². The summed E-state index contributed by atoms with van der Waals surface area (Å²) in [6, 6.07) is -1.48. The van der Waals surface area contributed by atoms with Crippen molar-refractivity contribution >= 4 is 17.6 Å². The maximum atomic E-state index is 14.0. The third kappa shape index (κ3) is 5.82. The normalized spacial score (nSPS) is 22.3. The molecule has 228 valence electrons. The molecule has 0 bridgehead atoms. The number of imidazole rings is 1. The van der Waals surface area contributed by atoms with Crippen LogP contribution in [0.15, 0.2) is 23.1 Å². The summed E-state index contributed by atoms with van der Waals surface area (Å²) < 4.78 is 74.0. The Balaban J connectivity index is 1.30. The second kappa shape index (κ2) is 10.7. The molecule has 17 heteroatoms. The minimum atomic E-state index is -4.66.